The topological polar surface area (TPSA) is 98.5 Å². The van der Waals surface area contributed by atoms with Crippen LogP contribution in [0.1, 0.15) is 51.1 Å². The number of fused-ring (bicyclic) bond motifs is 2. The second kappa shape index (κ2) is 14.5. The molecule has 2 N–H and O–H groups in total. The van der Waals surface area contributed by atoms with Gasteiger partial charge in [0.25, 0.3) is 11.8 Å². The molecule has 1 fully saturated rings. The molecule has 0 saturated carbocycles. The van der Waals surface area contributed by atoms with E-state index in [1.165, 1.54) is 25.2 Å². The third-order valence-corrected chi connectivity index (χ3v) is 10.6. The lowest BCUT2D eigenvalue weighted by Gasteiger charge is -2.40. The van der Waals surface area contributed by atoms with E-state index in [-0.39, 0.29) is 35.1 Å². The summed E-state index contributed by atoms with van der Waals surface area (Å²) in [6.45, 7) is 3.26. The van der Waals surface area contributed by atoms with Gasteiger partial charge in [-0.25, -0.2) is 0 Å². The molecule has 0 unspecified atom stereocenters. The van der Waals surface area contributed by atoms with E-state index in [1.54, 1.807) is 41.4 Å². The van der Waals surface area contributed by atoms with Crippen molar-refractivity contribution >= 4 is 34.1 Å². The van der Waals surface area contributed by atoms with Gasteiger partial charge in [-0.1, -0.05) is 67.1 Å². The van der Waals surface area contributed by atoms with E-state index in [0.717, 1.165) is 44.5 Å². The van der Waals surface area contributed by atoms with E-state index in [4.69, 9.17) is 4.74 Å². The lowest BCUT2D eigenvalue weighted by molar-refractivity contribution is 0.0565. The van der Waals surface area contributed by atoms with Gasteiger partial charge in [0.2, 0.25) is 0 Å². The Morgan fingerprint density at radius 2 is 1.45 bits per heavy atom. The third kappa shape index (κ3) is 6.60. The van der Waals surface area contributed by atoms with Gasteiger partial charge in [0.05, 0.1) is 29.4 Å². The number of hydrogen-bond donors (Lipinski definition) is 2. The van der Waals surface area contributed by atoms with Gasteiger partial charge >= 0.3 is 0 Å². The van der Waals surface area contributed by atoms with Gasteiger partial charge in [-0.2, -0.15) is 0 Å². The summed E-state index contributed by atoms with van der Waals surface area (Å²) in [5, 5.41) is 21.9. The summed E-state index contributed by atoms with van der Waals surface area (Å²) >= 11 is 0. The highest BCUT2D eigenvalue weighted by atomic mass is 16.5. The molecule has 6 aromatic rings. The number of aromatic nitrogens is 1. The summed E-state index contributed by atoms with van der Waals surface area (Å²) in [5.41, 5.74) is 5.55. The molecular formula is C44H42N4O5. The minimum Gasteiger partial charge on any atom is -0.508 e. The fourth-order valence-electron chi connectivity index (χ4n) is 7.91. The SMILES string of the molecule is COc1cc(-n2cc(C(=O)N(c3ccccc3)c3ccc(O)cc3)c3ccccc32)c(C(=O)N2Cc3ccccc3C[C@H]2CN2CCCCC2)cc1O. The van der Waals surface area contributed by atoms with Crippen LogP contribution in [0.4, 0.5) is 11.4 Å². The van der Waals surface area contributed by atoms with Gasteiger partial charge in [0.1, 0.15) is 5.75 Å². The molecule has 2 aliphatic rings. The molecule has 53 heavy (non-hydrogen) atoms. The van der Waals surface area contributed by atoms with Crippen LogP contribution in [-0.4, -0.2) is 69.2 Å². The minimum absolute atomic E-state index is 0.0594. The Hall–Kier alpha value is -6.06. The highest BCUT2D eigenvalue weighted by Crippen LogP contribution is 2.38. The summed E-state index contributed by atoms with van der Waals surface area (Å²) in [7, 11) is 1.48. The van der Waals surface area contributed by atoms with Crippen molar-refractivity contribution in [3.63, 3.8) is 0 Å². The molecular weight excluding hydrogens is 665 g/mol. The number of ether oxygens (including phenoxy) is 1. The molecule has 1 aromatic heterocycles. The number of rotatable bonds is 8. The number of amides is 2. The van der Waals surface area contributed by atoms with Crippen LogP contribution in [0.25, 0.3) is 16.6 Å². The Kier molecular flexibility index (Phi) is 9.33. The van der Waals surface area contributed by atoms with Gasteiger partial charge in [-0.05, 0) is 92.0 Å². The van der Waals surface area contributed by atoms with E-state index in [0.29, 0.717) is 45.6 Å². The molecule has 5 aromatic carbocycles. The number of carbonyl (C=O) groups excluding carboxylic acids is 2. The van der Waals surface area contributed by atoms with E-state index in [2.05, 4.69) is 23.1 Å². The second-order valence-corrected chi connectivity index (χ2v) is 13.9. The smallest absolute Gasteiger partial charge is 0.265 e. The number of benzene rings is 5. The number of methoxy groups -OCH3 is 1. The molecule has 268 valence electrons. The summed E-state index contributed by atoms with van der Waals surface area (Å²) in [5.74, 6) is -0.314. The highest BCUT2D eigenvalue weighted by molar-refractivity contribution is 6.17. The zero-order valence-corrected chi connectivity index (χ0v) is 29.7. The van der Waals surface area contributed by atoms with Crippen molar-refractivity contribution in [1.82, 2.24) is 14.4 Å². The Morgan fingerprint density at radius 1 is 0.774 bits per heavy atom. The maximum Gasteiger partial charge on any atom is 0.265 e. The van der Waals surface area contributed by atoms with Crippen LogP contribution in [0.2, 0.25) is 0 Å². The quantitative estimate of drug-likeness (QED) is 0.166. The van der Waals surface area contributed by atoms with Crippen LogP contribution in [0, 0.1) is 0 Å². The molecule has 8 rings (SSSR count). The van der Waals surface area contributed by atoms with E-state index < -0.39 is 0 Å². The third-order valence-electron chi connectivity index (χ3n) is 10.6. The molecule has 0 aliphatic carbocycles. The van der Waals surface area contributed by atoms with Crippen molar-refractivity contribution in [2.45, 2.75) is 38.3 Å². The fourth-order valence-corrected chi connectivity index (χ4v) is 7.91. The van der Waals surface area contributed by atoms with Crippen LogP contribution in [0.3, 0.4) is 0 Å². The van der Waals surface area contributed by atoms with Crippen molar-refractivity contribution in [3.05, 3.63) is 144 Å². The van der Waals surface area contributed by atoms with Gasteiger partial charge in [0.15, 0.2) is 11.5 Å². The summed E-state index contributed by atoms with van der Waals surface area (Å²) in [6.07, 6.45) is 6.05. The van der Waals surface area contributed by atoms with Crippen molar-refractivity contribution < 1.29 is 24.5 Å². The maximum atomic E-state index is 15.0. The molecule has 9 nitrogen and oxygen atoms in total. The fraction of sp³-hybridized carbons (Fsp3) is 0.227. The largest absolute Gasteiger partial charge is 0.508 e. The Morgan fingerprint density at radius 3 is 2.21 bits per heavy atom. The van der Waals surface area contributed by atoms with Crippen LogP contribution < -0.4 is 9.64 Å². The molecule has 2 aliphatic heterocycles. The monoisotopic (exact) mass is 706 g/mol. The summed E-state index contributed by atoms with van der Waals surface area (Å²) < 4.78 is 7.45. The van der Waals surface area contributed by atoms with Crippen LogP contribution in [-0.2, 0) is 13.0 Å². The zero-order chi connectivity index (χ0) is 36.5. The van der Waals surface area contributed by atoms with Gasteiger partial charge in [-0.15, -0.1) is 0 Å². The van der Waals surface area contributed by atoms with Gasteiger partial charge < -0.3 is 29.3 Å². The number of piperidine rings is 1. The number of likely N-dealkylation sites (tertiary alicyclic amines) is 1. The molecule has 1 saturated heterocycles. The number of para-hydroxylation sites is 2. The maximum absolute atomic E-state index is 15.0. The number of nitrogens with zero attached hydrogens (tertiary/aromatic N) is 4. The van der Waals surface area contributed by atoms with Crippen molar-refractivity contribution in [2.75, 3.05) is 31.6 Å². The predicted molar refractivity (Wildman–Crippen MR) is 207 cm³/mol. The molecule has 0 spiro atoms. The molecule has 1 atom stereocenters. The number of phenols is 2. The Bertz CT molecular complexity index is 2280. The van der Waals surface area contributed by atoms with Crippen LogP contribution in [0.15, 0.2) is 121 Å². The van der Waals surface area contributed by atoms with Crippen molar-refractivity contribution in [1.29, 1.82) is 0 Å². The van der Waals surface area contributed by atoms with E-state index >= 15 is 4.79 Å². The second-order valence-electron chi connectivity index (χ2n) is 13.9. The van der Waals surface area contributed by atoms with Gasteiger partial charge in [0, 0.05) is 48.2 Å². The molecule has 2 amide bonds. The molecule has 0 radical (unpaired) electrons. The summed E-state index contributed by atoms with van der Waals surface area (Å²) in [6, 6.07) is 34.9. The van der Waals surface area contributed by atoms with Crippen LogP contribution >= 0.6 is 0 Å². The number of aromatic hydroxyl groups is 2. The van der Waals surface area contributed by atoms with Crippen LogP contribution in [0.5, 0.6) is 17.2 Å². The van der Waals surface area contributed by atoms with Crippen molar-refractivity contribution in [2.24, 2.45) is 0 Å². The first-order valence-electron chi connectivity index (χ1n) is 18.2. The molecule has 0 bridgehead atoms. The zero-order valence-electron chi connectivity index (χ0n) is 29.7. The lowest BCUT2D eigenvalue weighted by atomic mass is 9.92. The normalized spacial score (nSPS) is 15.9. The summed E-state index contributed by atoms with van der Waals surface area (Å²) in [4.78, 5) is 35.9. The van der Waals surface area contributed by atoms with E-state index in [1.807, 2.05) is 70.1 Å². The number of anilines is 2. The Balaban J connectivity index is 1.25. The first kappa shape index (κ1) is 34.0. The van der Waals surface area contributed by atoms with Gasteiger partial charge in [-0.3, -0.25) is 14.5 Å². The first-order chi connectivity index (χ1) is 25.9. The number of phenolic OH excluding ortho intramolecular Hbond substituents is 2. The molecule has 9 heteroatoms. The van der Waals surface area contributed by atoms with E-state index in [9.17, 15) is 15.0 Å². The average molecular weight is 707 g/mol. The van der Waals surface area contributed by atoms with Crippen molar-refractivity contribution in [3.8, 4) is 22.9 Å². The Labute approximate surface area is 308 Å². The molecule has 3 heterocycles. The number of carbonyl (C=O) groups is 2. The lowest BCUT2D eigenvalue weighted by Crippen LogP contribution is -2.51. The standard InChI is InChI=1S/C44H42N4O5/c1-53-42-26-40(37(25-41(42)50)43(51)46-27-31-13-7-6-12-30(31)24-34(46)28-45-22-10-3-11-23-45)47-29-38(36-16-8-9-17-39(36)47)44(52)48(32-14-4-2-5-15-32)33-18-20-35(49)21-19-33/h2,4-9,12-21,25-26,29,34,49-50H,3,10-11,22-24,27-28H2,1H3/t34-/m0/s1. The predicted octanol–water partition coefficient (Wildman–Crippen LogP) is 8.08. The minimum atomic E-state index is -0.287. The first-order valence-corrected chi connectivity index (χ1v) is 18.2. The average Bonchev–Trinajstić information content (AvgIpc) is 3.58. The highest BCUT2D eigenvalue weighted by Gasteiger charge is 2.34. The number of hydrogen-bond acceptors (Lipinski definition) is 6.